The standard InChI is InChI=1S/C6H7Cl3N2O2S/c1-2-13-5(12)11-4(10-3-14)6(7,8)9/h4H,2H2,1H3,(H,11,12). The zero-order valence-corrected chi connectivity index (χ0v) is 10.2. The minimum atomic E-state index is -1.79. The van der Waals surface area contributed by atoms with Gasteiger partial charge in [-0.15, -0.1) is 0 Å². The summed E-state index contributed by atoms with van der Waals surface area (Å²) in [6.45, 7) is 1.85. The third-order valence-electron chi connectivity index (χ3n) is 1.02. The van der Waals surface area contributed by atoms with Crippen LogP contribution in [0.4, 0.5) is 4.79 Å². The van der Waals surface area contributed by atoms with Crippen LogP contribution in [0, 0.1) is 0 Å². The first-order valence-electron chi connectivity index (χ1n) is 3.48. The van der Waals surface area contributed by atoms with Crippen LogP contribution in [0.3, 0.4) is 0 Å². The van der Waals surface area contributed by atoms with Crippen LogP contribution in [0.15, 0.2) is 4.99 Å². The first-order valence-corrected chi connectivity index (χ1v) is 5.03. The van der Waals surface area contributed by atoms with E-state index in [1.165, 1.54) is 0 Å². The monoisotopic (exact) mass is 276 g/mol. The van der Waals surface area contributed by atoms with Crippen LogP contribution >= 0.6 is 47.0 Å². The Kier molecular flexibility index (Phi) is 6.40. The summed E-state index contributed by atoms with van der Waals surface area (Å²) < 4.78 is 2.77. The Bertz CT molecular complexity index is 250. The molecule has 0 bridgehead atoms. The van der Waals surface area contributed by atoms with Gasteiger partial charge in [-0.1, -0.05) is 34.8 Å². The van der Waals surface area contributed by atoms with E-state index in [1.54, 1.807) is 6.92 Å². The SMILES string of the molecule is CCOC(=O)NC(N=C=S)C(Cl)(Cl)Cl. The van der Waals surface area contributed by atoms with Gasteiger partial charge in [0.05, 0.1) is 11.8 Å². The third-order valence-corrected chi connectivity index (χ3v) is 1.75. The molecule has 0 aromatic heterocycles. The molecule has 0 rings (SSSR count). The highest BCUT2D eigenvalue weighted by atomic mass is 35.6. The summed E-state index contributed by atoms with van der Waals surface area (Å²) in [5.41, 5.74) is 0. The highest BCUT2D eigenvalue weighted by Gasteiger charge is 2.34. The number of hydrogen-bond donors (Lipinski definition) is 1. The molecule has 14 heavy (non-hydrogen) atoms. The molecule has 0 aliphatic heterocycles. The number of aliphatic imine (C=N–C) groups is 1. The Labute approximate surface area is 102 Å². The maximum Gasteiger partial charge on any atom is 0.408 e. The maximum atomic E-state index is 10.9. The van der Waals surface area contributed by atoms with Crippen molar-refractivity contribution in [1.29, 1.82) is 0 Å². The molecule has 8 heteroatoms. The molecule has 80 valence electrons. The summed E-state index contributed by atoms with van der Waals surface area (Å²) in [6, 6.07) is 0. The van der Waals surface area contributed by atoms with Gasteiger partial charge in [0.25, 0.3) is 0 Å². The van der Waals surface area contributed by atoms with Crippen molar-refractivity contribution >= 4 is 58.3 Å². The molecule has 0 saturated heterocycles. The van der Waals surface area contributed by atoms with Gasteiger partial charge in [0.15, 0.2) is 6.17 Å². The van der Waals surface area contributed by atoms with Crippen molar-refractivity contribution in [2.75, 3.05) is 6.61 Å². The molecule has 0 heterocycles. The topological polar surface area (TPSA) is 50.7 Å². The van der Waals surface area contributed by atoms with E-state index in [1.807, 2.05) is 5.16 Å². The Hall–Kier alpha value is -0.0600. The average Bonchev–Trinajstić information content (AvgIpc) is 2.02. The van der Waals surface area contributed by atoms with Crippen molar-refractivity contribution in [1.82, 2.24) is 5.32 Å². The number of halogens is 3. The predicted molar refractivity (Wildman–Crippen MR) is 59.3 cm³/mol. The molecule has 0 fully saturated rings. The third kappa shape index (κ3) is 5.62. The number of isothiocyanates is 1. The quantitative estimate of drug-likeness (QED) is 0.490. The molecular formula is C6H7Cl3N2O2S. The van der Waals surface area contributed by atoms with Gasteiger partial charge in [-0.05, 0) is 19.1 Å². The first kappa shape index (κ1) is 13.9. The van der Waals surface area contributed by atoms with E-state index >= 15 is 0 Å². The fourth-order valence-electron chi connectivity index (χ4n) is 0.524. The van der Waals surface area contributed by atoms with Crippen molar-refractivity contribution in [2.24, 2.45) is 4.99 Å². The summed E-state index contributed by atoms with van der Waals surface area (Å²) in [6.07, 6.45) is -1.85. The number of carbonyl (C=O) groups excluding carboxylic acids is 1. The summed E-state index contributed by atoms with van der Waals surface area (Å²) >= 11 is 20.8. The molecule has 0 aliphatic rings. The number of alkyl halides is 3. The van der Waals surface area contributed by atoms with Crippen LogP contribution in [0.25, 0.3) is 0 Å². The first-order chi connectivity index (χ1) is 6.41. The minimum Gasteiger partial charge on any atom is -0.450 e. The molecule has 1 N–H and O–H groups in total. The fourth-order valence-corrected chi connectivity index (χ4v) is 0.940. The zero-order chi connectivity index (χ0) is 11.2. The van der Waals surface area contributed by atoms with E-state index in [0.29, 0.717) is 0 Å². The van der Waals surface area contributed by atoms with Crippen molar-refractivity contribution < 1.29 is 9.53 Å². The van der Waals surface area contributed by atoms with Gasteiger partial charge < -0.3 is 4.74 Å². The smallest absolute Gasteiger partial charge is 0.408 e. The lowest BCUT2D eigenvalue weighted by Crippen LogP contribution is -2.42. The van der Waals surface area contributed by atoms with Crippen LogP contribution in [-0.4, -0.2) is 27.8 Å². The Morgan fingerprint density at radius 2 is 2.29 bits per heavy atom. The summed E-state index contributed by atoms with van der Waals surface area (Å²) in [4.78, 5) is 14.4. The van der Waals surface area contributed by atoms with Gasteiger partial charge in [0.2, 0.25) is 3.79 Å². The van der Waals surface area contributed by atoms with Crippen LogP contribution in [0.1, 0.15) is 6.92 Å². The molecule has 1 amide bonds. The van der Waals surface area contributed by atoms with Crippen LogP contribution < -0.4 is 5.32 Å². The largest absolute Gasteiger partial charge is 0.450 e. The van der Waals surface area contributed by atoms with Gasteiger partial charge in [-0.25, -0.2) is 9.79 Å². The average molecular weight is 278 g/mol. The van der Waals surface area contributed by atoms with Gasteiger partial charge in [-0.3, -0.25) is 5.32 Å². The van der Waals surface area contributed by atoms with Gasteiger partial charge in [0.1, 0.15) is 0 Å². The highest BCUT2D eigenvalue weighted by molar-refractivity contribution is 7.78. The van der Waals surface area contributed by atoms with Crippen molar-refractivity contribution in [3.05, 3.63) is 0 Å². The Morgan fingerprint density at radius 3 is 2.64 bits per heavy atom. The number of nitrogens with zero attached hydrogens (tertiary/aromatic N) is 1. The van der Waals surface area contributed by atoms with E-state index < -0.39 is 16.1 Å². The van der Waals surface area contributed by atoms with E-state index in [9.17, 15) is 4.79 Å². The molecule has 0 aromatic rings. The second-order valence-electron chi connectivity index (χ2n) is 2.03. The van der Waals surface area contributed by atoms with Crippen molar-refractivity contribution in [3.8, 4) is 0 Å². The predicted octanol–water partition coefficient (Wildman–Crippen LogP) is 2.53. The van der Waals surface area contributed by atoms with Gasteiger partial charge in [-0.2, -0.15) is 0 Å². The van der Waals surface area contributed by atoms with E-state index in [0.717, 1.165) is 0 Å². The van der Waals surface area contributed by atoms with E-state index in [4.69, 9.17) is 34.8 Å². The van der Waals surface area contributed by atoms with Crippen LogP contribution in [-0.2, 0) is 4.74 Å². The summed E-state index contributed by atoms with van der Waals surface area (Å²) in [5.74, 6) is 0. The molecule has 0 saturated carbocycles. The zero-order valence-electron chi connectivity index (χ0n) is 7.09. The number of rotatable bonds is 3. The number of thiocarbonyl (C=S) groups is 1. The molecule has 0 spiro atoms. The number of alkyl carbamates (subject to hydrolysis) is 1. The van der Waals surface area contributed by atoms with E-state index in [2.05, 4.69) is 27.3 Å². The Balaban J connectivity index is 4.39. The second kappa shape index (κ2) is 6.43. The molecule has 1 unspecified atom stereocenters. The minimum absolute atomic E-state index is 0.208. The molecule has 4 nitrogen and oxygen atoms in total. The maximum absolute atomic E-state index is 10.9. The van der Waals surface area contributed by atoms with Crippen LogP contribution in [0.5, 0.6) is 0 Å². The number of hydrogen-bond acceptors (Lipinski definition) is 4. The normalized spacial score (nSPS) is 12.6. The number of ether oxygens (including phenoxy) is 1. The lowest BCUT2D eigenvalue weighted by Gasteiger charge is -2.19. The lowest BCUT2D eigenvalue weighted by molar-refractivity contribution is 0.148. The summed E-state index contributed by atoms with van der Waals surface area (Å²) in [5, 5.41) is 4.21. The van der Waals surface area contributed by atoms with Crippen molar-refractivity contribution in [2.45, 2.75) is 16.9 Å². The molecule has 0 radical (unpaired) electrons. The van der Waals surface area contributed by atoms with Gasteiger partial charge >= 0.3 is 6.09 Å². The molecular weight excluding hydrogens is 271 g/mol. The number of nitrogens with one attached hydrogen (secondary N) is 1. The highest BCUT2D eigenvalue weighted by Crippen LogP contribution is 2.30. The van der Waals surface area contributed by atoms with Crippen LogP contribution in [0.2, 0.25) is 0 Å². The summed E-state index contributed by atoms with van der Waals surface area (Å²) in [7, 11) is 0. The fraction of sp³-hybridized carbons (Fsp3) is 0.667. The Morgan fingerprint density at radius 1 is 1.71 bits per heavy atom. The molecule has 1 atom stereocenters. The second-order valence-corrected chi connectivity index (χ2v) is 4.58. The molecule has 0 aliphatic carbocycles. The molecule has 0 aromatic carbocycles. The number of carbonyl (C=O) groups is 1. The number of amides is 1. The van der Waals surface area contributed by atoms with E-state index in [-0.39, 0.29) is 6.61 Å². The van der Waals surface area contributed by atoms with Gasteiger partial charge in [0, 0.05) is 0 Å². The van der Waals surface area contributed by atoms with Crippen molar-refractivity contribution in [3.63, 3.8) is 0 Å². The lowest BCUT2D eigenvalue weighted by atomic mass is 10.6.